The SMILES string of the molecule is COC(=O)C1COC(c2cc(C(C)(C)C)c(O)c(C(C)(C)C)c2)=N1. The third-order valence-electron chi connectivity index (χ3n) is 4.10. The van der Waals surface area contributed by atoms with Crippen molar-refractivity contribution in [2.24, 2.45) is 4.99 Å². The van der Waals surface area contributed by atoms with Crippen LogP contribution in [0, 0.1) is 0 Å². The van der Waals surface area contributed by atoms with Crippen LogP contribution in [-0.4, -0.2) is 36.7 Å². The number of aliphatic imine (C=N–C) groups is 1. The van der Waals surface area contributed by atoms with Crippen LogP contribution in [-0.2, 0) is 25.1 Å². The summed E-state index contributed by atoms with van der Waals surface area (Å²) in [6, 6.07) is 3.15. The number of carbonyl (C=O) groups is 1. The highest BCUT2D eigenvalue weighted by molar-refractivity contribution is 5.98. The second-order valence-corrected chi connectivity index (χ2v) is 8.20. The number of benzene rings is 1. The zero-order chi connectivity index (χ0) is 18.3. The van der Waals surface area contributed by atoms with Crippen molar-refractivity contribution in [3.63, 3.8) is 0 Å². The highest BCUT2D eigenvalue weighted by Gasteiger charge is 2.31. The molecule has 1 atom stereocenters. The van der Waals surface area contributed by atoms with Crippen molar-refractivity contribution in [1.82, 2.24) is 0 Å². The monoisotopic (exact) mass is 333 g/mol. The fourth-order valence-electron chi connectivity index (χ4n) is 2.69. The topological polar surface area (TPSA) is 68.1 Å². The van der Waals surface area contributed by atoms with E-state index >= 15 is 0 Å². The Morgan fingerprint density at radius 2 is 1.67 bits per heavy atom. The maximum Gasteiger partial charge on any atom is 0.334 e. The van der Waals surface area contributed by atoms with Gasteiger partial charge in [0.1, 0.15) is 12.4 Å². The number of esters is 1. The van der Waals surface area contributed by atoms with E-state index in [1.165, 1.54) is 7.11 Å². The van der Waals surface area contributed by atoms with E-state index in [2.05, 4.69) is 4.99 Å². The highest BCUT2D eigenvalue weighted by Crippen LogP contribution is 2.40. The molecule has 0 saturated heterocycles. The van der Waals surface area contributed by atoms with Gasteiger partial charge >= 0.3 is 5.97 Å². The average Bonchev–Trinajstić information content (AvgIpc) is 2.94. The van der Waals surface area contributed by atoms with Gasteiger partial charge in [-0.1, -0.05) is 41.5 Å². The van der Waals surface area contributed by atoms with Gasteiger partial charge in [-0.05, 0) is 23.0 Å². The van der Waals surface area contributed by atoms with E-state index in [0.717, 1.165) is 16.7 Å². The largest absolute Gasteiger partial charge is 0.507 e. The van der Waals surface area contributed by atoms with Crippen LogP contribution in [0.2, 0.25) is 0 Å². The van der Waals surface area contributed by atoms with E-state index in [-0.39, 0.29) is 17.4 Å². The van der Waals surface area contributed by atoms with Gasteiger partial charge in [0.2, 0.25) is 5.90 Å². The molecule has 1 heterocycles. The molecule has 0 bridgehead atoms. The zero-order valence-electron chi connectivity index (χ0n) is 15.6. The van der Waals surface area contributed by atoms with Crippen molar-refractivity contribution < 1.29 is 19.4 Å². The third-order valence-corrected chi connectivity index (χ3v) is 4.10. The molecule has 0 radical (unpaired) electrons. The maximum absolute atomic E-state index is 11.6. The first-order valence-electron chi connectivity index (χ1n) is 8.12. The summed E-state index contributed by atoms with van der Waals surface area (Å²) in [4.78, 5) is 16.0. The molecule has 0 aromatic heterocycles. The minimum Gasteiger partial charge on any atom is -0.507 e. The molecule has 132 valence electrons. The number of nitrogens with zero attached hydrogens (tertiary/aromatic N) is 1. The fourth-order valence-corrected chi connectivity index (χ4v) is 2.69. The number of methoxy groups -OCH3 is 1. The molecule has 0 spiro atoms. The normalized spacial score (nSPS) is 18.1. The maximum atomic E-state index is 11.6. The molecule has 1 aliphatic rings. The van der Waals surface area contributed by atoms with Gasteiger partial charge in [0.15, 0.2) is 6.04 Å². The van der Waals surface area contributed by atoms with Crippen LogP contribution in [0.1, 0.15) is 58.2 Å². The third kappa shape index (κ3) is 3.55. The van der Waals surface area contributed by atoms with Gasteiger partial charge in [0.05, 0.1) is 7.11 Å². The highest BCUT2D eigenvalue weighted by atomic mass is 16.5. The number of ether oxygens (including phenoxy) is 2. The average molecular weight is 333 g/mol. The van der Waals surface area contributed by atoms with Crippen LogP contribution in [0.3, 0.4) is 0 Å². The molecular formula is C19H27NO4. The van der Waals surface area contributed by atoms with Crippen LogP contribution in [0.5, 0.6) is 5.75 Å². The van der Waals surface area contributed by atoms with Crippen molar-refractivity contribution in [3.8, 4) is 5.75 Å². The Balaban J connectivity index is 2.58. The molecule has 5 heteroatoms. The van der Waals surface area contributed by atoms with Gasteiger partial charge in [-0.25, -0.2) is 9.79 Å². The summed E-state index contributed by atoms with van der Waals surface area (Å²) in [7, 11) is 1.34. The van der Waals surface area contributed by atoms with E-state index in [1.54, 1.807) is 0 Å². The number of hydrogen-bond acceptors (Lipinski definition) is 5. The fraction of sp³-hybridized carbons (Fsp3) is 0.579. The quantitative estimate of drug-likeness (QED) is 0.843. The lowest BCUT2D eigenvalue weighted by Gasteiger charge is -2.28. The molecule has 1 aromatic carbocycles. The van der Waals surface area contributed by atoms with Gasteiger partial charge < -0.3 is 14.6 Å². The van der Waals surface area contributed by atoms with Crippen LogP contribution in [0.25, 0.3) is 0 Å². The van der Waals surface area contributed by atoms with Gasteiger partial charge in [-0.3, -0.25) is 0 Å². The summed E-state index contributed by atoms with van der Waals surface area (Å²) in [5.41, 5.74) is 1.96. The summed E-state index contributed by atoms with van der Waals surface area (Å²) in [5.74, 6) is 0.319. The Kier molecular flexibility index (Phi) is 4.66. The molecule has 0 amide bonds. The van der Waals surface area contributed by atoms with Gasteiger partial charge in [0.25, 0.3) is 0 Å². The number of hydrogen-bond donors (Lipinski definition) is 1. The van der Waals surface area contributed by atoms with Crippen molar-refractivity contribution in [2.45, 2.75) is 58.4 Å². The Morgan fingerprint density at radius 3 is 2.08 bits per heavy atom. The summed E-state index contributed by atoms with van der Waals surface area (Å²) < 4.78 is 10.3. The summed E-state index contributed by atoms with van der Waals surface area (Å²) in [6.45, 7) is 12.5. The lowest BCUT2D eigenvalue weighted by atomic mass is 9.78. The molecule has 24 heavy (non-hydrogen) atoms. The summed E-state index contributed by atoms with van der Waals surface area (Å²) in [5, 5.41) is 10.8. The predicted molar refractivity (Wildman–Crippen MR) is 93.8 cm³/mol. The van der Waals surface area contributed by atoms with E-state index in [0.29, 0.717) is 11.6 Å². The van der Waals surface area contributed by atoms with Crippen molar-refractivity contribution >= 4 is 11.9 Å². The minimum atomic E-state index is -0.630. The number of phenols is 1. The first-order valence-corrected chi connectivity index (χ1v) is 8.12. The Morgan fingerprint density at radius 1 is 1.17 bits per heavy atom. The second-order valence-electron chi connectivity index (χ2n) is 8.20. The molecule has 2 rings (SSSR count). The molecular weight excluding hydrogens is 306 g/mol. The second kappa shape index (κ2) is 6.11. The van der Waals surface area contributed by atoms with Gasteiger partial charge in [0, 0.05) is 16.7 Å². The van der Waals surface area contributed by atoms with Crippen LogP contribution in [0.15, 0.2) is 17.1 Å². The molecule has 1 aliphatic heterocycles. The number of aromatic hydroxyl groups is 1. The minimum absolute atomic E-state index is 0.179. The standard InChI is InChI=1S/C19H27NO4/c1-18(2,3)12-8-11(9-13(15(12)21)19(4,5)6)16-20-14(10-24-16)17(22)23-7/h8-9,14,21H,10H2,1-7H3. The van der Waals surface area contributed by atoms with Crippen molar-refractivity contribution in [2.75, 3.05) is 13.7 Å². The van der Waals surface area contributed by atoms with Crippen LogP contribution < -0.4 is 0 Å². The van der Waals surface area contributed by atoms with Crippen molar-refractivity contribution in [3.05, 3.63) is 28.8 Å². The molecule has 1 unspecified atom stereocenters. The number of rotatable bonds is 2. The molecule has 0 fully saturated rings. The summed E-state index contributed by atoms with van der Waals surface area (Å²) >= 11 is 0. The lowest BCUT2D eigenvalue weighted by Crippen LogP contribution is -2.21. The lowest BCUT2D eigenvalue weighted by molar-refractivity contribution is -0.142. The first-order chi connectivity index (χ1) is 10.9. The molecule has 0 saturated carbocycles. The summed E-state index contributed by atoms with van der Waals surface area (Å²) in [6.07, 6.45) is 0. The van der Waals surface area contributed by atoms with E-state index in [9.17, 15) is 9.90 Å². The van der Waals surface area contributed by atoms with Crippen LogP contribution in [0.4, 0.5) is 0 Å². The number of phenolic OH excluding ortho intramolecular Hbond substituents is 1. The van der Waals surface area contributed by atoms with Crippen molar-refractivity contribution in [1.29, 1.82) is 0 Å². The Labute approximate surface area is 143 Å². The van der Waals surface area contributed by atoms with Crippen LogP contribution >= 0.6 is 0 Å². The zero-order valence-corrected chi connectivity index (χ0v) is 15.6. The molecule has 1 aromatic rings. The molecule has 0 aliphatic carbocycles. The Bertz CT molecular complexity index is 643. The van der Waals surface area contributed by atoms with Gasteiger partial charge in [-0.2, -0.15) is 0 Å². The number of carbonyl (C=O) groups excluding carboxylic acids is 1. The van der Waals surface area contributed by atoms with Gasteiger partial charge in [-0.15, -0.1) is 0 Å². The Hall–Kier alpha value is -2.04. The van der Waals surface area contributed by atoms with E-state index in [1.807, 2.05) is 53.7 Å². The first kappa shape index (κ1) is 18.3. The van der Waals surface area contributed by atoms with E-state index in [4.69, 9.17) is 9.47 Å². The molecule has 5 nitrogen and oxygen atoms in total. The predicted octanol–water partition coefficient (Wildman–Crippen LogP) is 3.31. The smallest absolute Gasteiger partial charge is 0.334 e. The van der Waals surface area contributed by atoms with E-state index < -0.39 is 12.0 Å². The molecule has 1 N–H and O–H groups in total.